The second-order valence-corrected chi connectivity index (χ2v) is 7.79. The largest absolute Gasteiger partial charge is 0.491 e. The predicted molar refractivity (Wildman–Crippen MR) is 110 cm³/mol. The molecule has 2 aliphatic rings. The Labute approximate surface area is 172 Å². The fourth-order valence-corrected chi connectivity index (χ4v) is 4.26. The van der Waals surface area contributed by atoms with Gasteiger partial charge in [0, 0.05) is 49.9 Å². The van der Waals surface area contributed by atoms with E-state index in [1.54, 1.807) is 6.07 Å². The first kappa shape index (κ1) is 19.9. The number of aromatic amines is 1. The molecule has 7 nitrogen and oxygen atoms in total. The predicted octanol–water partition coefficient (Wildman–Crippen LogP) is 2.37. The van der Waals surface area contributed by atoms with Gasteiger partial charge >= 0.3 is 0 Å². The quantitative estimate of drug-likeness (QED) is 0.776. The van der Waals surface area contributed by atoms with Crippen LogP contribution in [0.2, 0.25) is 0 Å². The number of nitrogens with zero attached hydrogens (tertiary/aromatic N) is 4. The summed E-state index contributed by atoms with van der Waals surface area (Å²) in [4.78, 5) is 4.90. The van der Waals surface area contributed by atoms with Crippen molar-refractivity contribution in [3.8, 4) is 11.8 Å². The molecule has 0 saturated carbocycles. The molecule has 0 unspecified atom stereocenters. The number of rotatable bonds is 7. The SMILES string of the molecule is N#Cc1ccccc1OCCN1CCC[C@@H](c2[nH]ncc2CN2CCOCC2)C1. The highest BCUT2D eigenvalue weighted by Gasteiger charge is 2.25. The Kier molecular flexibility index (Phi) is 6.78. The number of morpholine rings is 1. The molecule has 1 atom stereocenters. The third-order valence-corrected chi connectivity index (χ3v) is 5.84. The second-order valence-electron chi connectivity index (χ2n) is 7.79. The summed E-state index contributed by atoms with van der Waals surface area (Å²) in [5.41, 5.74) is 3.20. The molecule has 2 aromatic rings. The summed E-state index contributed by atoms with van der Waals surface area (Å²) in [5, 5.41) is 16.8. The molecule has 4 rings (SSSR count). The molecular weight excluding hydrogens is 366 g/mol. The van der Waals surface area contributed by atoms with Gasteiger partial charge in [0.25, 0.3) is 0 Å². The monoisotopic (exact) mass is 395 g/mol. The average Bonchev–Trinajstić information content (AvgIpc) is 3.23. The Bertz CT molecular complexity index is 825. The third kappa shape index (κ3) is 5.15. The summed E-state index contributed by atoms with van der Waals surface area (Å²) in [5.74, 6) is 1.15. The average molecular weight is 396 g/mol. The van der Waals surface area contributed by atoms with Gasteiger partial charge in [-0.25, -0.2) is 0 Å². The number of hydrogen-bond acceptors (Lipinski definition) is 6. The lowest BCUT2D eigenvalue weighted by Gasteiger charge is -2.33. The van der Waals surface area contributed by atoms with Crippen LogP contribution in [0.3, 0.4) is 0 Å². The Morgan fingerprint density at radius 1 is 1.21 bits per heavy atom. The van der Waals surface area contributed by atoms with Crippen molar-refractivity contribution in [2.45, 2.75) is 25.3 Å². The highest BCUT2D eigenvalue weighted by atomic mass is 16.5. The lowest BCUT2D eigenvalue weighted by Crippen LogP contribution is -2.38. The second kappa shape index (κ2) is 9.88. The van der Waals surface area contributed by atoms with Gasteiger partial charge in [-0.1, -0.05) is 12.1 Å². The molecule has 154 valence electrons. The van der Waals surface area contributed by atoms with Gasteiger partial charge < -0.3 is 9.47 Å². The fraction of sp³-hybridized carbons (Fsp3) is 0.545. The third-order valence-electron chi connectivity index (χ3n) is 5.84. The smallest absolute Gasteiger partial charge is 0.137 e. The number of benzene rings is 1. The van der Waals surface area contributed by atoms with Gasteiger partial charge in [-0.15, -0.1) is 0 Å². The van der Waals surface area contributed by atoms with Gasteiger partial charge in [0.05, 0.1) is 25.0 Å². The van der Waals surface area contributed by atoms with Gasteiger partial charge in [0.15, 0.2) is 0 Å². The van der Waals surface area contributed by atoms with E-state index in [4.69, 9.17) is 9.47 Å². The van der Waals surface area contributed by atoms with E-state index in [-0.39, 0.29) is 0 Å². The van der Waals surface area contributed by atoms with Gasteiger partial charge in [0.1, 0.15) is 18.4 Å². The van der Waals surface area contributed by atoms with Crippen molar-refractivity contribution in [1.29, 1.82) is 5.26 Å². The number of para-hydroxylation sites is 1. The number of H-pyrrole nitrogens is 1. The zero-order valence-corrected chi connectivity index (χ0v) is 16.8. The summed E-state index contributed by atoms with van der Waals surface area (Å²) in [7, 11) is 0. The number of nitrogens with one attached hydrogen (secondary N) is 1. The molecule has 0 radical (unpaired) electrons. The zero-order chi connectivity index (χ0) is 19.9. The number of hydrogen-bond donors (Lipinski definition) is 1. The maximum Gasteiger partial charge on any atom is 0.137 e. The molecule has 0 amide bonds. The first-order valence-electron chi connectivity index (χ1n) is 10.5. The summed E-state index contributed by atoms with van der Waals surface area (Å²) in [6.07, 6.45) is 4.36. The fourth-order valence-electron chi connectivity index (χ4n) is 4.26. The van der Waals surface area contributed by atoms with E-state index < -0.39 is 0 Å². The molecule has 0 spiro atoms. The topological polar surface area (TPSA) is 77.4 Å². The van der Waals surface area contributed by atoms with Crippen LogP contribution in [0.1, 0.15) is 35.6 Å². The van der Waals surface area contributed by atoms with Gasteiger partial charge in [-0.05, 0) is 31.5 Å². The van der Waals surface area contributed by atoms with Crippen LogP contribution >= 0.6 is 0 Å². The Balaban J connectivity index is 1.31. The summed E-state index contributed by atoms with van der Waals surface area (Å²) < 4.78 is 11.3. The molecule has 3 heterocycles. The highest BCUT2D eigenvalue weighted by Crippen LogP contribution is 2.28. The molecule has 0 aliphatic carbocycles. The van der Waals surface area contributed by atoms with E-state index in [1.807, 2.05) is 24.4 Å². The van der Waals surface area contributed by atoms with E-state index in [0.29, 0.717) is 23.8 Å². The number of ether oxygens (including phenoxy) is 2. The standard InChI is InChI=1S/C22H29N5O2/c23-14-18-4-1-2-6-21(18)29-13-10-26-7-3-5-19(16-26)22-20(15-24-25-22)17-27-8-11-28-12-9-27/h1-2,4,6,15,19H,3,5,7-13,16-17H2,(H,24,25)/t19-/m1/s1. The van der Waals surface area contributed by atoms with Crippen LogP contribution in [-0.4, -0.2) is 72.5 Å². The zero-order valence-electron chi connectivity index (χ0n) is 16.8. The maximum absolute atomic E-state index is 9.19. The highest BCUT2D eigenvalue weighted by molar-refractivity contribution is 5.42. The first-order valence-corrected chi connectivity index (χ1v) is 10.5. The van der Waals surface area contributed by atoms with Crippen LogP contribution in [0.4, 0.5) is 0 Å². The summed E-state index contributed by atoms with van der Waals surface area (Å²) >= 11 is 0. The van der Waals surface area contributed by atoms with Crippen molar-refractivity contribution < 1.29 is 9.47 Å². The lowest BCUT2D eigenvalue weighted by molar-refractivity contribution is 0.0339. The van der Waals surface area contributed by atoms with Crippen LogP contribution < -0.4 is 4.74 Å². The van der Waals surface area contributed by atoms with E-state index in [2.05, 4.69) is 26.1 Å². The molecule has 1 aromatic heterocycles. The molecule has 2 aliphatic heterocycles. The van der Waals surface area contributed by atoms with E-state index in [1.165, 1.54) is 24.1 Å². The van der Waals surface area contributed by atoms with E-state index in [9.17, 15) is 5.26 Å². The Morgan fingerprint density at radius 2 is 2.07 bits per heavy atom. The first-order chi connectivity index (χ1) is 14.3. The van der Waals surface area contributed by atoms with Crippen molar-refractivity contribution in [3.63, 3.8) is 0 Å². The van der Waals surface area contributed by atoms with Crippen LogP contribution in [0.5, 0.6) is 5.75 Å². The van der Waals surface area contributed by atoms with E-state index >= 15 is 0 Å². The van der Waals surface area contributed by atoms with Gasteiger partial charge in [-0.2, -0.15) is 10.4 Å². The van der Waals surface area contributed by atoms with Crippen molar-refractivity contribution in [2.75, 3.05) is 52.5 Å². The van der Waals surface area contributed by atoms with E-state index in [0.717, 1.165) is 52.5 Å². The number of likely N-dealkylation sites (tertiary alicyclic amines) is 1. The van der Waals surface area contributed by atoms with Crippen molar-refractivity contribution in [3.05, 3.63) is 47.3 Å². The summed E-state index contributed by atoms with van der Waals surface area (Å²) in [6.45, 7) is 8.12. The molecule has 1 aromatic carbocycles. The lowest BCUT2D eigenvalue weighted by atomic mass is 9.92. The van der Waals surface area contributed by atoms with Crippen LogP contribution in [-0.2, 0) is 11.3 Å². The minimum atomic E-state index is 0.480. The molecule has 29 heavy (non-hydrogen) atoms. The van der Waals surface area contributed by atoms with Crippen molar-refractivity contribution >= 4 is 0 Å². The van der Waals surface area contributed by atoms with Gasteiger partial charge in [-0.3, -0.25) is 14.9 Å². The van der Waals surface area contributed by atoms with Crippen LogP contribution in [0, 0.1) is 11.3 Å². The molecule has 0 bridgehead atoms. The number of aromatic nitrogens is 2. The normalized spacial score (nSPS) is 21.0. The van der Waals surface area contributed by atoms with Crippen molar-refractivity contribution in [1.82, 2.24) is 20.0 Å². The maximum atomic E-state index is 9.19. The molecule has 7 heteroatoms. The Morgan fingerprint density at radius 3 is 2.93 bits per heavy atom. The number of piperidine rings is 1. The molecular formula is C22H29N5O2. The van der Waals surface area contributed by atoms with Crippen LogP contribution in [0.25, 0.3) is 0 Å². The minimum absolute atomic E-state index is 0.480. The molecule has 2 saturated heterocycles. The molecule has 2 fully saturated rings. The van der Waals surface area contributed by atoms with Crippen molar-refractivity contribution in [2.24, 2.45) is 0 Å². The summed E-state index contributed by atoms with van der Waals surface area (Å²) in [6, 6.07) is 9.61. The van der Waals surface area contributed by atoms with Crippen LogP contribution in [0.15, 0.2) is 30.5 Å². The number of nitriles is 1. The molecule has 1 N–H and O–H groups in total. The minimum Gasteiger partial charge on any atom is -0.491 e. The Hall–Kier alpha value is -2.40. The van der Waals surface area contributed by atoms with Gasteiger partial charge in [0.2, 0.25) is 0 Å².